The highest BCUT2D eigenvalue weighted by Gasteiger charge is 2.30. The van der Waals surface area contributed by atoms with E-state index in [1.165, 1.54) is 6.42 Å². The Morgan fingerprint density at radius 2 is 2.00 bits per heavy atom. The SMILES string of the molecule is CSc1ccc(C2=CC(N3CCCCC3)=C(C#N)C2=O)cc1Cl. The van der Waals surface area contributed by atoms with Gasteiger partial charge in [0.1, 0.15) is 11.6 Å². The van der Waals surface area contributed by atoms with Gasteiger partial charge in [-0.2, -0.15) is 5.26 Å². The molecule has 2 aliphatic rings. The summed E-state index contributed by atoms with van der Waals surface area (Å²) in [5, 5.41) is 10.1. The van der Waals surface area contributed by atoms with Crippen LogP contribution in [0.25, 0.3) is 5.57 Å². The highest BCUT2D eigenvalue weighted by Crippen LogP contribution is 2.35. The summed E-state index contributed by atoms with van der Waals surface area (Å²) in [5.41, 5.74) is 2.37. The molecule has 1 aromatic rings. The molecule has 0 saturated carbocycles. The maximum atomic E-state index is 12.6. The Hall–Kier alpha value is -1.70. The Labute approximate surface area is 145 Å². The summed E-state index contributed by atoms with van der Waals surface area (Å²) in [6.45, 7) is 1.81. The minimum absolute atomic E-state index is 0.193. The Kier molecular flexibility index (Phi) is 4.79. The number of rotatable bonds is 3. The summed E-state index contributed by atoms with van der Waals surface area (Å²) in [6.07, 6.45) is 7.24. The van der Waals surface area contributed by atoms with Crippen LogP contribution in [0.3, 0.4) is 0 Å². The van der Waals surface area contributed by atoms with E-state index in [1.54, 1.807) is 11.8 Å². The summed E-state index contributed by atoms with van der Waals surface area (Å²) in [6, 6.07) is 7.72. The molecule has 0 atom stereocenters. The third-order valence-electron chi connectivity index (χ3n) is 4.28. The largest absolute Gasteiger partial charge is 0.370 e. The molecular formula is C18H17ClN2OS. The van der Waals surface area contributed by atoms with E-state index in [1.807, 2.05) is 30.5 Å². The molecule has 5 heteroatoms. The van der Waals surface area contributed by atoms with E-state index >= 15 is 0 Å². The van der Waals surface area contributed by atoms with Crippen molar-refractivity contribution in [1.29, 1.82) is 5.26 Å². The van der Waals surface area contributed by atoms with Crippen LogP contribution in [0.15, 0.2) is 40.4 Å². The lowest BCUT2D eigenvalue weighted by molar-refractivity contribution is -0.110. The van der Waals surface area contributed by atoms with Crippen molar-refractivity contribution in [3.63, 3.8) is 0 Å². The van der Waals surface area contributed by atoms with Crippen LogP contribution in [-0.2, 0) is 4.79 Å². The van der Waals surface area contributed by atoms with Gasteiger partial charge < -0.3 is 4.90 Å². The van der Waals surface area contributed by atoms with Gasteiger partial charge in [0, 0.05) is 23.6 Å². The van der Waals surface area contributed by atoms with Crippen LogP contribution in [0.2, 0.25) is 5.02 Å². The molecule has 0 aromatic heterocycles. The summed E-state index contributed by atoms with van der Waals surface area (Å²) in [5.74, 6) is -0.193. The normalized spacial score (nSPS) is 18.2. The summed E-state index contributed by atoms with van der Waals surface area (Å²) in [7, 11) is 0. The number of ketones is 1. The van der Waals surface area contributed by atoms with Crippen LogP contribution in [0.4, 0.5) is 0 Å². The number of allylic oxidation sites excluding steroid dienone is 3. The van der Waals surface area contributed by atoms with E-state index in [0.717, 1.165) is 42.1 Å². The molecule has 1 fully saturated rings. The molecule has 118 valence electrons. The molecule has 0 bridgehead atoms. The zero-order valence-corrected chi connectivity index (χ0v) is 14.5. The van der Waals surface area contributed by atoms with Gasteiger partial charge in [0.25, 0.3) is 0 Å². The average Bonchev–Trinajstić information content (AvgIpc) is 2.92. The number of hydrogen-bond acceptors (Lipinski definition) is 4. The number of nitrogens with zero attached hydrogens (tertiary/aromatic N) is 2. The molecular weight excluding hydrogens is 328 g/mol. The van der Waals surface area contributed by atoms with E-state index < -0.39 is 0 Å². The highest BCUT2D eigenvalue weighted by molar-refractivity contribution is 7.98. The second-order valence-corrected chi connectivity index (χ2v) is 6.91. The van der Waals surface area contributed by atoms with Crippen LogP contribution in [0.5, 0.6) is 0 Å². The molecule has 0 radical (unpaired) electrons. The molecule has 1 aliphatic carbocycles. The lowest BCUT2D eigenvalue weighted by atomic mass is 10.0. The number of piperidine rings is 1. The number of thioether (sulfide) groups is 1. The van der Waals surface area contributed by atoms with Crippen molar-refractivity contribution in [2.45, 2.75) is 24.2 Å². The topological polar surface area (TPSA) is 44.1 Å². The molecule has 0 unspecified atom stereocenters. The maximum Gasteiger partial charge on any atom is 0.206 e. The van der Waals surface area contributed by atoms with Gasteiger partial charge in [-0.25, -0.2) is 0 Å². The highest BCUT2D eigenvalue weighted by atomic mass is 35.5. The second-order valence-electron chi connectivity index (χ2n) is 5.66. The fourth-order valence-corrected chi connectivity index (χ4v) is 3.94. The van der Waals surface area contributed by atoms with Gasteiger partial charge in [-0.1, -0.05) is 17.7 Å². The lowest BCUT2D eigenvalue weighted by Gasteiger charge is -2.29. The van der Waals surface area contributed by atoms with Crippen molar-refractivity contribution in [1.82, 2.24) is 4.90 Å². The fraction of sp³-hybridized carbons (Fsp3) is 0.333. The first-order valence-corrected chi connectivity index (χ1v) is 9.25. The summed E-state index contributed by atoms with van der Waals surface area (Å²) in [4.78, 5) is 15.8. The number of halogens is 1. The molecule has 0 spiro atoms. The van der Waals surface area contributed by atoms with Crippen LogP contribution in [-0.4, -0.2) is 30.0 Å². The maximum absolute atomic E-state index is 12.6. The van der Waals surface area contributed by atoms with Crippen LogP contribution < -0.4 is 0 Å². The molecule has 3 rings (SSSR count). The van der Waals surface area contributed by atoms with Gasteiger partial charge in [0.2, 0.25) is 5.78 Å². The summed E-state index contributed by atoms with van der Waals surface area (Å²) >= 11 is 7.83. The summed E-state index contributed by atoms with van der Waals surface area (Å²) < 4.78 is 0. The van der Waals surface area contributed by atoms with Crippen LogP contribution >= 0.6 is 23.4 Å². The molecule has 0 N–H and O–H groups in total. The van der Waals surface area contributed by atoms with E-state index in [9.17, 15) is 10.1 Å². The number of carbonyl (C=O) groups is 1. The number of carbonyl (C=O) groups excluding carboxylic acids is 1. The first kappa shape index (κ1) is 16.2. The van der Waals surface area contributed by atoms with E-state index in [2.05, 4.69) is 11.0 Å². The van der Waals surface area contributed by atoms with Crippen LogP contribution in [0.1, 0.15) is 24.8 Å². The van der Waals surface area contributed by atoms with Crippen molar-refractivity contribution >= 4 is 34.7 Å². The Bertz CT molecular complexity index is 755. The standard InChI is InChI=1S/C18H17ClN2OS/c1-23-17-6-5-12(9-15(17)19)13-10-16(14(11-20)18(13)22)21-7-3-2-4-8-21/h5-6,9-10H,2-4,7-8H2,1H3. The van der Waals surface area contributed by atoms with Crippen molar-refractivity contribution in [2.75, 3.05) is 19.3 Å². The van der Waals surface area contributed by atoms with Gasteiger partial charge in [-0.15, -0.1) is 11.8 Å². The number of hydrogen-bond donors (Lipinski definition) is 0. The first-order valence-electron chi connectivity index (χ1n) is 7.65. The smallest absolute Gasteiger partial charge is 0.206 e. The van der Waals surface area contributed by atoms with E-state index in [0.29, 0.717) is 10.6 Å². The molecule has 3 nitrogen and oxygen atoms in total. The minimum Gasteiger partial charge on any atom is -0.370 e. The van der Waals surface area contributed by atoms with Gasteiger partial charge in [0.15, 0.2) is 0 Å². The third kappa shape index (κ3) is 3.04. The minimum atomic E-state index is -0.193. The lowest BCUT2D eigenvalue weighted by Crippen LogP contribution is -2.28. The molecule has 1 aliphatic heterocycles. The Balaban J connectivity index is 1.97. The average molecular weight is 345 g/mol. The van der Waals surface area contributed by atoms with E-state index in [4.69, 9.17) is 11.6 Å². The molecule has 23 heavy (non-hydrogen) atoms. The van der Waals surface area contributed by atoms with Crippen molar-refractivity contribution in [3.05, 3.63) is 46.1 Å². The molecule has 1 saturated heterocycles. The Morgan fingerprint density at radius 1 is 1.26 bits per heavy atom. The predicted molar refractivity (Wildman–Crippen MR) is 94.3 cm³/mol. The number of nitriles is 1. The molecule has 1 aromatic carbocycles. The van der Waals surface area contributed by atoms with Crippen molar-refractivity contribution in [2.24, 2.45) is 0 Å². The predicted octanol–water partition coefficient (Wildman–Crippen LogP) is 4.29. The van der Waals surface area contributed by atoms with Gasteiger partial charge in [-0.05, 0) is 49.3 Å². The fourth-order valence-electron chi connectivity index (χ4n) is 3.07. The quantitative estimate of drug-likeness (QED) is 0.767. The van der Waals surface area contributed by atoms with Gasteiger partial charge >= 0.3 is 0 Å². The van der Waals surface area contributed by atoms with Gasteiger partial charge in [0.05, 0.1) is 10.7 Å². The third-order valence-corrected chi connectivity index (χ3v) is 5.50. The number of benzene rings is 1. The van der Waals surface area contributed by atoms with Crippen molar-refractivity contribution in [3.8, 4) is 6.07 Å². The van der Waals surface area contributed by atoms with Crippen molar-refractivity contribution < 1.29 is 4.79 Å². The zero-order chi connectivity index (χ0) is 16.4. The monoisotopic (exact) mass is 344 g/mol. The number of Topliss-reactive ketones (excluding diaryl/α,β-unsaturated/α-hetero) is 1. The second kappa shape index (κ2) is 6.82. The van der Waals surface area contributed by atoms with E-state index in [-0.39, 0.29) is 11.4 Å². The number of likely N-dealkylation sites (tertiary alicyclic amines) is 1. The zero-order valence-electron chi connectivity index (χ0n) is 12.9. The first-order chi connectivity index (χ1) is 11.2. The van der Waals surface area contributed by atoms with Gasteiger partial charge in [-0.3, -0.25) is 4.79 Å². The van der Waals surface area contributed by atoms with Crippen LogP contribution in [0, 0.1) is 11.3 Å². The molecule has 1 heterocycles. The molecule has 0 amide bonds. The Morgan fingerprint density at radius 3 is 2.61 bits per heavy atom.